The number of nitrogens with zero attached hydrogens (tertiary/aromatic N) is 1. The van der Waals surface area contributed by atoms with Gasteiger partial charge in [-0.3, -0.25) is 4.79 Å². The third-order valence-electron chi connectivity index (χ3n) is 2.78. The second-order valence-electron chi connectivity index (χ2n) is 4.26. The van der Waals surface area contributed by atoms with Gasteiger partial charge in [0, 0.05) is 19.5 Å². The third-order valence-corrected chi connectivity index (χ3v) is 2.78. The van der Waals surface area contributed by atoms with E-state index in [1.165, 1.54) is 12.3 Å². The largest absolute Gasteiger partial charge is 0.448 e. The van der Waals surface area contributed by atoms with Gasteiger partial charge in [0.25, 0.3) is 5.91 Å². The highest BCUT2D eigenvalue weighted by atomic mass is 19.1. The van der Waals surface area contributed by atoms with Crippen molar-refractivity contribution >= 4 is 5.91 Å². The van der Waals surface area contributed by atoms with Crippen molar-refractivity contribution in [1.82, 2.24) is 10.3 Å². The van der Waals surface area contributed by atoms with Crippen molar-refractivity contribution in [1.29, 1.82) is 0 Å². The van der Waals surface area contributed by atoms with Crippen LogP contribution in [0.3, 0.4) is 0 Å². The van der Waals surface area contributed by atoms with Crippen molar-refractivity contribution in [3.05, 3.63) is 53.5 Å². The lowest BCUT2D eigenvalue weighted by molar-refractivity contribution is 0.0949. The van der Waals surface area contributed by atoms with E-state index < -0.39 is 0 Å². The van der Waals surface area contributed by atoms with Crippen LogP contribution in [0.15, 0.2) is 34.9 Å². The molecule has 0 fully saturated rings. The first-order valence-corrected chi connectivity index (χ1v) is 6.37. The number of benzene rings is 1. The van der Waals surface area contributed by atoms with Crippen LogP contribution in [0.1, 0.15) is 21.9 Å². The van der Waals surface area contributed by atoms with E-state index in [2.05, 4.69) is 10.3 Å². The van der Waals surface area contributed by atoms with Crippen molar-refractivity contribution in [3.8, 4) is 0 Å². The molecule has 0 unspecified atom stereocenters. The number of amides is 1. The molecule has 6 heteroatoms. The maximum Gasteiger partial charge on any atom is 0.273 e. The zero-order chi connectivity index (χ0) is 14.4. The van der Waals surface area contributed by atoms with E-state index in [0.29, 0.717) is 37.4 Å². The van der Waals surface area contributed by atoms with Gasteiger partial charge in [-0.25, -0.2) is 9.37 Å². The van der Waals surface area contributed by atoms with E-state index in [4.69, 9.17) is 10.2 Å². The molecule has 0 atom stereocenters. The van der Waals surface area contributed by atoms with Crippen molar-refractivity contribution < 1.29 is 13.6 Å². The summed E-state index contributed by atoms with van der Waals surface area (Å²) >= 11 is 0. The van der Waals surface area contributed by atoms with Crippen LogP contribution in [0.2, 0.25) is 0 Å². The zero-order valence-corrected chi connectivity index (χ0v) is 10.9. The number of carbonyl (C=O) groups is 1. The molecule has 2 aromatic rings. The molecule has 20 heavy (non-hydrogen) atoms. The molecule has 2 rings (SSSR count). The number of rotatable bonds is 6. The second kappa shape index (κ2) is 6.81. The number of nitrogens with two attached hydrogens (primary N) is 1. The third kappa shape index (κ3) is 3.64. The van der Waals surface area contributed by atoms with E-state index in [-0.39, 0.29) is 17.4 Å². The Morgan fingerprint density at radius 1 is 1.35 bits per heavy atom. The van der Waals surface area contributed by atoms with Crippen molar-refractivity contribution in [2.75, 3.05) is 13.1 Å². The minimum absolute atomic E-state index is 0.210. The summed E-state index contributed by atoms with van der Waals surface area (Å²) in [5.41, 5.74) is 6.15. The van der Waals surface area contributed by atoms with Gasteiger partial charge in [-0.15, -0.1) is 0 Å². The normalized spacial score (nSPS) is 10.5. The summed E-state index contributed by atoms with van der Waals surface area (Å²) < 4.78 is 18.5. The molecule has 0 saturated carbocycles. The van der Waals surface area contributed by atoms with Gasteiger partial charge in [0.15, 0.2) is 11.6 Å². The van der Waals surface area contributed by atoms with Gasteiger partial charge in [0.1, 0.15) is 12.1 Å². The van der Waals surface area contributed by atoms with Crippen molar-refractivity contribution in [2.45, 2.75) is 12.8 Å². The fraction of sp³-hybridized carbons (Fsp3) is 0.286. The van der Waals surface area contributed by atoms with Crippen LogP contribution in [0.25, 0.3) is 0 Å². The molecule has 5 nitrogen and oxygen atoms in total. The molecule has 0 saturated heterocycles. The van der Waals surface area contributed by atoms with E-state index >= 15 is 0 Å². The van der Waals surface area contributed by atoms with Gasteiger partial charge < -0.3 is 15.5 Å². The van der Waals surface area contributed by atoms with Crippen LogP contribution >= 0.6 is 0 Å². The summed E-state index contributed by atoms with van der Waals surface area (Å²) in [7, 11) is 0. The fourth-order valence-electron chi connectivity index (χ4n) is 1.76. The zero-order valence-electron chi connectivity index (χ0n) is 10.9. The Bertz CT molecular complexity index is 583. The van der Waals surface area contributed by atoms with Crippen LogP contribution in [0, 0.1) is 5.82 Å². The van der Waals surface area contributed by atoms with Crippen LogP contribution < -0.4 is 11.1 Å². The molecule has 0 aliphatic rings. The number of halogens is 1. The van der Waals surface area contributed by atoms with E-state index in [0.717, 1.165) is 0 Å². The minimum atomic E-state index is -0.339. The topological polar surface area (TPSA) is 81.1 Å². The summed E-state index contributed by atoms with van der Waals surface area (Å²) in [6.07, 6.45) is 2.21. The van der Waals surface area contributed by atoms with Gasteiger partial charge in [0.2, 0.25) is 0 Å². The standard InChI is InChI=1S/C14H16FN3O2/c15-11-4-2-1-3-10(11)6-8-17-14(19)12-9-20-13(18-12)5-7-16/h1-4,9H,5-8,16H2,(H,17,19). The average molecular weight is 277 g/mol. The Kier molecular flexibility index (Phi) is 4.84. The second-order valence-corrected chi connectivity index (χ2v) is 4.26. The van der Waals surface area contributed by atoms with Crippen molar-refractivity contribution in [3.63, 3.8) is 0 Å². The predicted octanol–water partition coefficient (Wildman–Crippen LogP) is 1.29. The van der Waals surface area contributed by atoms with Crippen LogP contribution in [0.4, 0.5) is 4.39 Å². The fourth-order valence-corrected chi connectivity index (χ4v) is 1.76. The van der Waals surface area contributed by atoms with Gasteiger partial charge in [-0.05, 0) is 18.1 Å². The molecule has 0 spiro atoms. The molecule has 0 bridgehead atoms. The Morgan fingerprint density at radius 3 is 2.90 bits per heavy atom. The number of hydrogen-bond donors (Lipinski definition) is 2. The number of hydrogen-bond acceptors (Lipinski definition) is 4. The quantitative estimate of drug-likeness (QED) is 0.833. The molecule has 1 aromatic carbocycles. The molecule has 106 valence electrons. The smallest absolute Gasteiger partial charge is 0.273 e. The molecule has 0 radical (unpaired) electrons. The van der Waals surface area contributed by atoms with Gasteiger partial charge in [-0.1, -0.05) is 18.2 Å². The first-order valence-electron chi connectivity index (χ1n) is 6.37. The average Bonchev–Trinajstić information content (AvgIpc) is 2.90. The Morgan fingerprint density at radius 2 is 2.15 bits per heavy atom. The van der Waals surface area contributed by atoms with Gasteiger partial charge >= 0.3 is 0 Å². The van der Waals surface area contributed by atoms with Gasteiger partial charge in [0.05, 0.1) is 0 Å². The Balaban J connectivity index is 1.84. The summed E-state index contributed by atoms with van der Waals surface area (Å²) in [5.74, 6) is -0.173. The van der Waals surface area contributed by atoms with E-state index in [1.807, 2.05) is 0 Å². The van der Waals surface area contributed by atoms with Crippen LogP contribution in [-0.4, -0.2) is 24.0 Å². The van der Waals surface area contributed by atoms with E-state index in [1.54, 1.807) is 18.2 Å². The lowest BCUT2D eigenvalue weighted by atomic mass is 10.1. The number of carbonyl (C=O) groups excluding carboxylic acids is 1. The summed E-state index contributed by atoms with van der Waals surface area (Å²) in [6, 6.07) is 6.48. The molecular weight excluding hydrogens is 261 g/mol. The maximum atomic E-state index is 13.4. The van der Waals surface area contributed by atoms with Crippen LogP contribution in [-0.2, 0) is 12.8 Å². The highest BCUT2D eigenvalue weighted by Crippen LogP contribution is 2.06. The lowest BCUT2D eigenvalue weighted by Gasteiger charge is -2.04. The molecule has 0 aliphatic heterocycles. The van der Waals surface area contributed by atoms with Crippen molar-refractivity contribution in [2.24, 2.45) is 5.73 Å². The highest BCUT2D eigenvalue weighted by Gasteiger charge is 2.11. The van der Waals surface area contributed by atoms with E-state index in [9.17, 15) is 9.18 Å². The lowest BCUT2D eigenvalue weighted by Crippen LogP contribution is -2.26. The Hall–Kier alpha value is -2.21. The molecule has 3 N–H and O–H groups in total. The maximum absolute atomic E-state index is 13.4. The molecular formula is C14H16FN3O2. The van der Waals surface area contributed by atoms with Gasteiger partial charge in [-0.2, -0.15) is 0 Å². The minimum Gasteiger partial charge on any atom is -0.448 e. The molecule has 0 aliphatic carbocycles. The Labute approximate surface area is 116 Å². The predicted molar refractivity (Wildman–Crippen MR) is 71.7 cm³/mol. The molecule has 1 heterocycles. The molecule has 1 amide bonds. The first kappa shape index (κ1) is 14.2. The highest BCUT2D eigenvalue weighted by molar-refractivity contribution is 5.91. The molecule has 1 aromatic heterocycles. The summed E-state index contributed by atoms with van der Waals surface area (Å²) in [4.78, 5) is 15.8. The number of oxazole rings is 1. The number of aromatic nitrogens is 1. The summed E-state index contributed by atoms with van der Waals surface area (Å²) in [6.45, 7) is 0.744. The summed E-state index contributed by atoms with van der Waals surface area (Å²) in [5, 5.41) is 2.67. The number of nitrogens with one attached hydrogen (secondary N) is 1. The monoisotopic (exact) mass is 277 g/mol. The van der Waals surface area contributed by atoms with Crippen LogP contribution in [0.5, 0.6) is 0 Å². The SMILES string of the molecule is NCCc1nc(C(=O)NCCc2ccccc2F)co1. The first-order chi connectivity index (χ1) is 9.70.